The molecule has 106 valence electrons. The Labute approximate surface area is 122 Å². The quantitative estimate of drug-likeness (QED) is 0.925. The number of rotatable bonds is 2. The fourth-order valence-electron chi connectivity index (χ4n) is 2.63. The minimum atomic E-state index is 0.00639. The standard InChI is InChI=1S/C14H18N4OS/c1-9-7-11(17-16-9)14(19)18-6-4-3-5-12(18)13-15-10(2)8-20-13/h7-8,12H,3-6H2,1-2H3,(H,16,17)/t12-/m1/s1. The first-order chi connectivity index (χ1) is 9.65. The molecule has 2 aromatic heterocycles. The minimum Gasteiger partial charge on any atom is -0.328 e. The van der Waals surface area contributed by atoms with Crippen LogP contribution in [0.4, 0.5) is 0 Å². The van der Waals surface area contributed by atoms with Gasteiger partial charge in [0.25, 0.3) is 5.91 Å². The predicted molar refractivity (Wildman–Crippen MR) is 77.8 cm³/mol. The van der Waals surface area contributed by atoms with E-state index >= 15 is 0 Å². The third-order valence-corrected chi connectivity index (χ3v) is 4.67. The van der Waals surface area contributed by atoms with Crippen LogP contribution >= 0.6 is 11.3 Å². The first-order valence-electron chi connectivity index (χ1n) is 6.90. The summed E-state index contributed by atoms with van der Waals surface area (Å²) in [5, 5.41) is 10.0. The van der Waals surface area contributed by atoms with E-state index in [9.17, 15) is 4.79 Å². The summed E-state index contributed by atoms with van der Waals surface area (Å²) >= 11 is 1.64. The average molecular weight is 290 g/mol. The monoisotopic (exact) mass is 290 g/mol. The van der Waals surface area contributed by atoms with Crippen LogP contribution in [0.15, 0.2) is 11.4 Å². The van der Waals surface area contributed by atoms with Gasteiger partial charge >= 0.3 is 0 Å². The number of amides is 1. The topological polar surface area (TPSA) is 61.9 Å². The Kier molecular flexibility index (Phi) is 3.56. The van der Waals surface area contributed by atoms with Gasteiger partial charge in [0.1, 0.15) is 10.7 Å². The summed E-state index contributed by atoms with van der Waals surface area (Å²) in [4.78, 5) is 19.1. The maximum atomic E-state index is 12.6. The second kappa shape index (κ2) is 5.36. The Balaban J connectivity index is 1.87. The number of carbonyl (C=O) groups excluding carboxylic acids is 1. The van der Waals surface area contributed by atoms with Gasteiger partial charge in [-0.3, -0.25) is 9.89 Å². The van der Waals surface area contributed by atoms with E-state index in [2.05, 4.69) is 15.2 Å². The molecule has 6 heteroatoms. The molecule has 2 aromatic rings. The van der Waals surface area contributed by atoms with Crippen molar-refractivity contribution >= 4 is 17.2 Å². The van der Waals surface area contributed by atoms with Crippen molar-refractivity contribution in [3.63, 3.8) is 0 Å². The van der Waals surface area contributed by atoms with Gasteiger partial charge in [-0.1, -0.05) is 0 Å². The van der Waals surface area contributed by atoms with E-state index in [1.807, 2.05) is 24.1 Å². The molecule has 0 aromatic carbocycles. The highest BCUT2D eigenvalue weighted by Crippen LogP contribution is 2.33. The predicted octanol–water partition coefficient (Wildman–Crippen LogP) is 2.85. The van der Waals surface area contributed by atoms with Crippen LogP contribution in [-0.4, -0.2) is 32.5 Å². The zero-order chi connectivity index (χ0) is 14.1. The molecule has 1 aliphatic heterocycles. The molecule has 5 nitrogen and oxygen atoms in total. The van der Waals surface area contributed by atoms with Gasteiger partial charge in [-0.15, -0.1) is 11.3 Å². The number of aryl methyl sites for hydroxylation is 2. The van der Waals surface area contributed by atoms with Crippen molar-refractivity contribution in [1.29, 1.82) is 0 Å². The van der Waals surface area contributed by atoms with Gasteiger partial charge in [-0.25, -0.2) is 4.98 Å². The molecular weight excluding hydrogens is 272 g/mol. The lowest BCUT2D eigenvalue weighted by molar-refractivity contribution is 0.0605. The van der Waals surface area contributed by atoms with Crippen molar-refractivity contribution in [3.05, 3.63) is 33.5 Å². The molecule has 1 saturated heterocycles. The number of carbonyl (C=O) groups is 1. The van der Waals surface area contributed by atoms with E-state index in [0.29, 0.717) is 5.69 Å². The van der Waals surface area contributed by atoms with Crippen LogP contribution in [-0.2, 0) is 0 Å². The number of H-pyrrole nitrogens is 1. The van der Waals surface area contributed by atoms with Crippen molar-refractivity contribution in [3.8, 4) is 0 Å². The highest BCUT2D eigenvalue weighted by Gasteiger charge is 2.31. The van der Waals surface area contributed by atoms with E-state index < -0.39 is 0 Å². The van der Waals surface area contributed by atoms with Gasteiger partial charge in [-0.05, 0) is 39.2 Å². The molecule has 3 heterocycles. The van der Waals surface area contributed by atoms with Crippen molar-refractivity contribution in [2.45, 2.75) is 39.2 Å². The van der Waals surface area contributed by atoms with E-state index in [4.69, 9.17) is 0 Å². The highest BCUT2D eigenvalue weighted by atomic mass is 32.1. The molecule has 0 spiro atoms. The van der Waals surface area contributed by atoms with Crippen LogP contribution in [0.2, 0.25) is 0 Å². The van der Waals surface area contributed by atoms with Crippen LogP contribution in [0.1, 0.15) is 52.2 Å². The van der Waals surface area contributed by atoms with Gasteiger partial charge in [0.05, 0.1) is 6.04 Å². The van der Waals surface area contributed by atoms with Crippen molar-refractivity contribution in [2.24, 2.45) is 0 Å². The molecule has 0 saturated carbocycles. The van der Waals surface area contributed by atoms with Crippen LogP contribution in [0.25, 0.3) is 0 Å². The molecule has 1 N–H and O–H groups in total. The fourth-order valence-corrected chi connectivity index (χ4v) is 3.57. The lowest BCUT2D eigenvalue weighted by atomic mass is 10.0. The van der Waals surface area contributed by atoms with Gasteiger partial charge in [0.2, 0.25) is 0 Å². The first kappa shape index (κ1) is 13.3. The summed E-state index contributed by atoms with van der Waals surface area (Å²) in [6, 6.07) is 1.91. The number of piperidine rings is 1. The lowest BCUT2D eigenvalue weighted by Crippen LogP contribution is -2.38. The second-order valence-electron chi connectivity index (χ2n) is 5.27. The molecule has 1 atom stereocenters. The van der Waals surface area contributed by atoms with E-state index in [1.165, 1.54) is 0 Å². The summed E-state index contributed by atoms with van der Waals surface area (Å²) in [5.74, 6) is 0.00639. The van der Waals surface area contributed by atoms with Crippen molar-refractivity contribution in [1.82, 2.24) is 20.1 Å². The molecular formula is C14H18N4OS. The average Bonchev–Trinajstić information content (AvgIpc) is 3.07. The smallest absolute Gasteiger partial charge is 0.274 e. The highest BCUT2D eigenvalue weighted by molar-refractivity contribution is 7.09. The number of hydrogen-bond acceptors (Lipinski definition) is 4. The second-order valence-corrected chi connectivity index (χ2v) is 6.16. The maximum absolute atomic E-state index is 12.6. The lowest BCUT2D eigenvalue weighted by Gasteiger charge is -2.34. The number of nitrogens with one attached hydrogen (secondary N) is 1. The number of aromatic nitrogens is 3. The number of likely N-dealkylation sites (tertiary alicyclic amines) is 1. The molecule has 0 bridgehead atoms. The molecule has 0 aliphatic carbocycles. The summed E-state index contributed by atoms with van der Waals surface area (Å²) in [7, 11) is 0. The summed E-state index contributed by atoms with van der Waals surface area (Å²) in [5.41, 5.74) is 2.44. The van der Waals surface area contributed by atoms with Gasteiger partial charge in [0, 0.05) is 23.3 Å². The van der Waals surface area contributed by atoms with Crippen LogP contribution in [0, 0.1) is 13.8 Å². The minimum absolute atomic E-state index is 0.00639. The van der Waals surface area contributed by atoms with Crippen molar-refractivity contribution in [2.75, 3.05) is 6.54 Å². The molecule has 3 rings (SSSR count). The number of hydrogen-bond donors (Lipinski definition) is 1. The molecule has 1 aliphatic rings. The molecule has 0 unspecified atom stereocenters. The van der Waals surface area contributed by atoms with Crippen LogP contribution < -0.4 is 0 Å². The number of thiazole rings is 1. The van der Waals surface area contributed by atoms with Gasteiger partial charge < -0.3 is 4.90 Å². The summed E-state index contributed by atoms with van der Waals surface area (Å²) in [6.45, 7) is 4.68. The zero-order valence-corrected chi connectivity index (χ0v) is 12.5. The summed E-state index contributed by atoms with van der Waals surface area (Å²) in [6.07, 6.45) is 3.19. The third-order valence-electron chi connectivity index (χ3n) is 3.61. The normalized spacial score (nSPS) is 19.3. The number of nitrogens with zero attached hydrogens (tertiary/aromatic N) is 3. The third kappa shape index (κ3) is 2.47. The maximum Gasteiger partial charge on any atom is 0.274 e. The van der Waals surface area contributed by atoms with E-state index in [0.717, 1.165) is 42.2 Å². The molecule has 1 amide bonds. The Hall–Kier alpha value is -1.69. The van der Waals surface area contributed by atoms with E-state index in [-0.39, 0.29) is 11.9 Å². The van der Waals surface area contributed by atoms with Gasteiger partial charge in [-0.2, -0.15) is 5.10 Å². The Morgan fingerprint density at radius 2 is 2.30 bits per heavy atom. The fraction of sp³-hybridized carbons (Fsp3) is 0.500. The largest absolute Gasteiger partial charge is 0.328 e. The zero-order valence-electron chi connectivity index (χ0n) is 11.7. The first-order valence-corrected chi connectivity index (χ1v) is 7.78. The van der Waals surface area contributed by atoms with Crippen LogP contribution in [0.5, 0.6) is 0 Å². The molecule has 20 heavy (non-hydrogen) atoms. The summed E-state index contributed by atoms with van der Waals surface area (Å²) < 4.78 is 0. The van der Waals surface area contributed by atoms with Crippen molar-refractivity contribution < 1.29 is 4.79 Å². The Morgan fingerprint density at radius 3 is 2.95 bits per heavy atom. The van der Waals surface area contributed by atoms with Crippen LogP contribution in [0.3, 0.4) is 0 Å². The molecule has 1 fully saturated rings. The SMILES string of the molecule is Cc1csc([C@H]2CCCCN2C(=O)c2cc(C)[nH]n2)n1. The molecule has 0 radical (unpaired) electrons. The Bertz CT molecular complexity index is 618. The van der Waals surface area contributed by atoms with Gasteiger partial charge in [0.15, 0.2) is 0 Å². The Morgan fingerprint density at radius 1 is 1.45 bits per heavy atom. The number of aromatic amines is 1. The van der Waals surface area contributed by atoms with E-state index in [1.54, 1.807) is 17.4 Å².